The monoisotopic (exact) mass is 299 g/mol. The Bertz CT molecular complexity index is 687. The van der Waals surface area contributed by atoms with Gasteiger partial charge in [0.15, 0.2) is 0 Å². The molecule has 0 amide bonds. The molecule has 0 aliphatic heterocycles. The highest BCUT2D eigenvalue weighted by molar-refractivity contribution is 7.89. The van der Waals surface area contributed by atoms with Crippen LogP contribution in [0.1, 0.15) is 11.4 Å². The zero-order valence-electron chi connectivity index (χ0n) is 10.7. The van der Waals surface area contributed by atoms with Crippen molar-refractivity contribution in [3.8, 4) is 0 Å². The van der Waals surface area contributed by atoms with Crippen LogP contribution >= 0.6 is 0 Å². The Morgan fingerprint density at radius 2 is 2.20 bits per heavy atom. The molecule has 0 saturated heterocycles. The first kappa shape index (κ1) is 14.6. The van der Waals surface area contributed by atoms with Crippen molar-refractivity contribution in [2.45, 2.75) is 18.0 Å². The van der Waals surface area contributed by atoms with Crippen LogP contribution in [0.5, 0.6) is 0 Å². The highest BCUT2D eigenvalue weighted by Gasteiger charge is 2.25. The van der Waals surface area contributed by atoms with Crippen molar-refractivity contribution in [3.63, 3.8) is 0 Å². The van der Waals surface area contributed by atoms with Crippen molar-refractivity contribution in [1.29, 1.82) is 0 Å². The molecule has 0 saturated carbocycles. The molecule has 9 heteroatoms. The fourth-order valence-corrected chi connectivity index (χ4v) is 3.12. The van der Waals surface area contributed by atoms with Crippen LogP contribution in [-0.4, -0.2) is 35.0 Å². The van der Waals surface area contributed by atoms with Crippen LogP contribution in [0.3, 0.4) is 0 Å². The van der Waals surface area contributed by atoms with Gasteiger partial charge in [0.25, 0.3) is 0 Å². The van der Waals surface area contributed by atoms with Crippen LogP contribution < -0.4 is 5.73 Å². The standard InChI is InChI=1S/C11H14FN5O2S/c1-17(6-11-14-7-15-16-11)20(18,19)10-4-2-3-9(12)8(10)5-13/h2-4,7H,5-6,13H2,1H3,(H,14,15,16). The molecule has 3 N–H and O–H groups in total. The minimum atomic E-state index is -3.85. The first-order valence-corrected chi connectivity index (χ1v) is 7.19. The smallest absolute Gasteiger partial charge is 0.243 e. The lowest BCUT2D eigenvalue weighted by Gasteiger charge is -2.18. The number of rotatable bonds is 5. The Morgan fingerprint density at radius 3 is 2.80 bits per heavy atom. The van der Waals surface area contributed by atoms with Crippen molar-refractivity contribution in [3.05, 3.63) is 41.7 Å². The summed E-state index contributed by atoms with van der Waals surface area (Å²) in [7, 11) is -2.48. The molecule has 1 aromatic heterocycles. The van der Waals surface area contributed by atoms with E-state index in [0.29, 0.717) is 5.82 Å². The number of sulfonamides is 1. The summed E-state index contributed by atoms with van der Waals surface area (Å²) in [6, 6.07) is 3.85. The fraction of sp³-hybridized carbons (Fsp3) is 0.273. The molecule has 1 heterocycles. The van der Waals surface area contributed by atoms with Gasteiger partial charge >= 0.3 is 0 Å². The predicted molar refractivity (Wildman–Crippen MR) is 69.3 cm³/mol. The summed E-state index contributed by atoms with van der Waals surface area (Å²) in [5, 5.41) is 6.21. The van der Waals surface area contributed by atoms with Gasteiger partial charge < -0.3 is 5.73 Å². The molecule has 0 unspecified atom stereocenters. The fourth-order valence-electron chi connectivity index (χ4n) is 1.75. The maximum Gasteiger partial charge on any atom is 0.243 e. The Balaban J connectivity index is 2.37. The summed E-state index contributed by atoms with van der Waals surface area (Å²) in [6.07, 6.45) is 1.28. The normalized spacial score (nSPS) is 12.0. The molecule has 20 heavy (non-hydrogen) atoms. The van der Waals surface area contributed by atoms with Crippen molar-refractivity contribution < 1.29 is 12.8 Å². The van der Waals surface area contributed by atoms with Crippen molar-refractivity contribution in [2.75, 3.05) is 7.05 Å². The number of nitrogens with two attached hydrogens (primary N) is 1. The lowest BCUT2D eigenvalue weighted by molar-refractivity contribution is 0.455. The highest BCUT2D eigenvalue weighted by atomic mass is 32.2. The molecular formula is C11H14FN5O2S. The summed E-state index contributed by atoms with van der Waals surface area (Å²) in [6.45, 7) is -0.194. The molecule has 0 spiro atoms. The molecule has 2 aromatic rings. The number of benzene rings is 1. The maximum atomic E-state index is 13.6. The van der Waals surface area contributed by atoms with Crippen LogP contribution in [0, 0.1) is 5.82 Å². The average molecular weight is 299 g/mol. The van der Waals surface area contributed by atoms with E-state index in [0.717, 1.165) is 4.31 Å². The third kappa shape index (κ3) is 2.69. The molecule has 0 bridgehead atoms. The molecule has 0 aliphatic rings. The summed E-state index contributed by atoms with van der Waals surface area (Å²) in [5.74, 6) is -0.247. The van der Waals surface area contributed by atoms with Gasteiger partial charge in [-0.1, -0.05) is 6.07 Å². The molecule has 0 radical (unpaired) electrons. The zero-order valence-corrected chi connectivity index (χ0v) is 11.6. The summed E-state index contributed by atoms with van der Waals surface area (Å²) < 4.78 is 39.6. The first-order chi connectivity index (χ1) is 9.46. The van der Waals surface area contributed by atoms with E-state index < -0.39 is 15.8 Å². The molecule has 1 aromatic carbocycles. The summed E-state index contributed by atoms with van der Waals surface area (Å²) in [5.41, 5.74) is 5.40. The molecule has 108 valence electrons. The quantitative estimate of drug-likeness (QED) is 0.822. The Labute approximate surface area is 115 Å². The lowest BCUT2D eigenvalue weighted by Crippen LogP contribution is -2.28. The average Bonchev–Trinajstić information content (AvgIpc) is 2.91. The number of aromatic nitrogens is 3. The molecule has 0 aliphatic carbocycles. The van der Waals surface area contributed by atoms with Gasteiger partial charge in [-0.15, -0.1) is 0 Å². The minimum absolute atomic E-state index is 0.00284. The topological polar surface area (TPSA) is 105 Å². The largest absolute Gasteiger partial charge is 0.326 e. The SMILES string of the molecule is CN(Cc1ncn[nH]1)S(=O)(=O)c1cccc(F)c1CN. The van der Waals surface area contributed by atoms with Crippen LogP contribution in [0.2, 0.25) is 0 Å². The predicted octanol–water partition coefficient (Wildman–Crippen LogP) is 0.223. The van der Waals surface area contributed by atoms with Crippen molar-refractivity contribution in [1.82, 2.24) is 19.5 Å². The number of H-pyrrole nitrogens is 1. The van der Waals surface area contributed by atoms with Gasteiger partial charge in [0, 0.05) is 19.2 Å². The van der Waals surface area contributed by atoms with E-state index in [1.54, 1.807) is 0 Å². The number of nitrogens with one attached hydrogen (secondary N) is 1. The van der Waals surface area contributed by atoms with Gasteiger partial charge in [-0.25, -0.2) is 17.8 Å². The molecular weight excluding hydrogens is 285 g/mol. The van der Waals surface area contributed by atoms with Crippen molar-refractivity contribution >= 4 is 10.0 Å². The van der Waals surface area contributed by atoms with E-state index in [-0.39, 0.29) is 23.5 Å². The second kappa shape index (κ2) is 5.65. The van der Waals surface area contributed by atoms with Gasteiger partial charge in [-0.05, 0) is 12.1 Å². The van der Waals surface area contributed by atoms with Gasteiger partial charge in [-0.3, -0.25) is 5.10 Å². The molecule has 0 fully saturated rings. The van der Waals surface area contributed by atoms with Gasteiger partial charge in [0.05, 0.1) is 11.4 Å². The Hall–Kier alpha value is -1.84. The highest BCUT2D eigenvalue weighted by Crippen LogP contribution is 2.22. The van der Waals surface area contributed by atoms with E-state index in [1.165, 1.54) is 31.6 Å². The molecule has 0 atom stereocenters. The molecule has 7 nitrogen and oxygen atoms in total. The van der Waals surface area contributed by atoms with E-state index in [1.807, 2.05) is 0 Å². The van der Waals surface area contributed by atoms with E-state index in [9.17, 15) is 12.8 Å². The number of halogens is 1. The molecule has 2 rings (SSSR count). The second-order valence-electron chi connectivity index (χ2n) is 4.11. The van der Waals surface area contributed by atoms with Crippen LogP contribution in [0.25, 0.3) is 0 Å². The third-order valence-corrected chi connectivity index (χ3v) is 4.69. The Kier molecular flexibility index (Phi) is 4.12. The summed E-state index contributed by atoms with van der Waals surface area (Å²) >= 11 is 0. The van der Waals surface area contributed by atoms with E-state index in [4.69, 9.17) is 5.73 Å². The summed E-state index contributed by atoms with van der Waals surface area (Å²) in [4.78, 5) is 3.71. The zero-order chi connectivity index (χ0) is 14.8. The van der Waals surface area contributed by atoms with Crippen LogP contribution in [-0.2, 0) is 23.1 Å². The lowest BCUT2D eigenvalue weighted by atomic mass is 10.2. The first-order valence-electron chi connectivity index (χ1n) is 5.75. The number of aromatic amines is 1. The van der Waals surface area contributed by atoms with Gasteiger partial charge in [0.1, 0.15) is 18.0 Å². The number of hydrogen-bond donors (Lipinski definition) is 2. The van der Waals surface area contributed by atoms with E-state index in [2.05, 4.69) is 15.2 Å². The van der Waals surface area contributed by atoms with E-state index >= 15 is 0 Å². The Morgan fingerprint density at radius 1 is 1.45 bits per heavy atom. The minimum Gasteiger partial charge on any atom is -0.326 e. The number of hydrogen-bond acceptors (Lipinski definition) is 5. The second-order valence-corrected chi connectivity index (χ2v) is 6.13. The van der Waals surface area contributed by atoms with Gasteiger partial charge in [-0.2, -0.15) is 9.40 Å². The number of nitrogens with zero attached hydrogens (tertiary/aromatic N) is 3. The van der Waals surface area contributed by atoms with Gasteiger partial charge in [0.2, 0.25) is 10.0 Å². The maximum absolute atomic E-state index is 13.6. The van der Waals surface area contributed by atoms with Crippen molar-refractivity contribution in [2.24, 2.45) is 5.73 Å². The third-order valence-electron chi connectivity index (χ3n) is 2.81. The van der Waals surface area contributed by atoms with Crippen LogP contribution in [0.15, 0.2) is 29.4 Å². The van der Waals surface area contributed by atoms with Crippen LogP contribution in [0.4, 0.5) is 4.39 Å².